The van der Waals surface area contributed by atoms with Crippen molar-refractivity contribution < 1.29 is 18.0 Å². The lowest BCUT2D eigenvalue weighted by Gasteiger charge is -2.20. The first-order valence-electron chi connectivity index (χ1n) is 5.89. The Balaban J connectivity index is 2.16. The van der Waals surface area contributed by atoms with Crippen molar-refractivity contribution in [3.63, 3.8) is 0 Å². The maximum Gasteiger partial charge on any atom is 0.405 e. The molecule has 1 aromatic carbocycles. The Bertz CT molecular complexity index is 472. The molecule has 0 saturated carbocycles. The number of anilines is 1. The smallest absolute Gasteiger partial charge is 0.312 e. The van der Waals surface area contributed by atoms with Gasteiger partial charge in [-0.2, -0.15) is 13.2 Å². The number of halogens is 4. The van der Waals surface area contributed by atoms with E-state index in [-0.39, 0.29) is 13.0 Å². The highest BCUT2D eigenvalue weighted by atomic mass is 35.5. The molecule has 1 aliphatic heterocycles. The van der Waals surface area contributed by atoms with Crippen LogP contribution >= 0.6 is 11.6 Å². The van der Waals surface area contributed by atoms with E-state index in [1.54, 1.807) is 12.1 Å². The zero-order chi connectivity index (χ0) is 14.2. The van der Waals surface area contributed by atoms with E-state index >= 15 is 0 Å². The van der Waals surface area contributed by atoms with Crippen LogP contribution in [-0.4, -0.2) is 24.0 Å². The number of hydrogen-bond donors (Lipinski definition) is 0. The first-order valence-corrected chi connectivity index (χ1v) is 6.33. The molecule has 1 aromatic rings. The number of amides is 1. The van der Waals surface area contributed by atoms with Gasteiger partial charge in [-0.1, -0.05) is 17.7 Å². The molecule has 1 aliphatic rings. The van der Waals surface area contributed by atoms with Crippen molar-refractivity contribution in [1.82, 2.24) is 0 Å². The standard InChI is InChI=1S/C13H13ClF3NO/c1-8-2-4-9(5-3-8)18-7-6-10(12(18)19)11(14)13(15,16)17/h2-5,10-11H,6-7H2,1H3. The summed E-state index contributed by atoms with van der Waals surface area (Å²) in [6.45, 7) is 2.17. The number of carbonyl (C=O) groups excluding carboxylic acids is 1. The van der Waals surface area contributed by atoms with Gasteiger partial charge in [0.25, 0.3) is 0 Å². The highest BCUT2D eigenvalue weighted by molar-refractivity contribution is 6.23. The number of hydrogen-bond acceptors (Lipinski definition) is 1. The van der Waals surface area contributed by atoms with Gasteiger partial charge >= 0.3 is 6.18 Å². The van der Waals surface area contributed by atoms with Crippen LogP contribution in [0.3, 0.4) is 0 Å². The summed E-state index contributed by atoms with van der Waals surface area (Å²) in [6, 6.07) is 7.09. The van der Waals surface area contributed by atoms with Crippen molar-refractivity contribution in [2.45, 2.75) is 24.9 Å². The molecule has 1 fully saturated rings. The van der Waals surface area contributed by atoms with Crippen LogP contribution in [-0.2, 0) is 4.79 Å². The Morgan fingerprint density at radius 3 is 2.42 bits per heavy atom. The molecule has 19 heavy (non-hydrogen) atoms. The van der Waals surface area contributed by atoms with Crippen molar-refractivity contribution >= 4 is 23.2 Å². The fourth-order valence-corrected chi connectivity index (χ4v) is 2.42. The van der Waals surface area contributed by atoms with Crippen LogP contribution in [0.4, 0.5) is 18.9 Å². The van der Waals surface area contributed by atoms with Crippen LogP contribution in [0.2, 0.25) is 0 Å². The Morgan fingerprint density at radius 1 is 1.32 bits per heavy atom. The number of alkyl halides is 4. The second-order valence-corrected chi connectivity index (χ2v) is 5.13. The third kappa shape index (κ3) is 2.86. The van der Waals surface area contributed by atoms with Gasteiger partial charge < -0.3 is 4.90 Å². The molecule has 0 radical (unpaired) electrons. The monoisotopic (exact) mass is 291 g/mol. The van der Waals surface area contributed by atoms with E-state index in [0.29, 0.717) is 5.69 Å². The molecular formula is C13H13ClF3NO. The molecular weight excluding hydrogens is 279 g/mol. The molecule has 0 aliphatic carbocycles. The molecule has 2 unspecified atom stereocenters. The number of nitrogens with zero attached hydrogens (tertiary/aromatic N) is 1. The third-order valence-electron chi connectivity index (χ3n) is 3.26. The van der Waals surface area contributed by atoms with Gasteiger partial charge in [-0.25, -0.2) is 0 Å². The fraction of sp³-hybridized carbons (Fsp3) is 0.462. The molecule has 6 heteroatoms. The molecule has 0 bridgehead atoms. The average molecular weight is 292 g/mol. The quantitative estimate of drug-likeness (QED) is 0.764. The first kappa shape index (κ1) is 14.2. The van der Waals surface area contributed by atoms with Crippen LogP contribution in [0.25, 0.3) is 0 Å². The predicted octanol–water partition coefficient (Wildman–Crippen LogP) is 3.52. The minimum Gasteiger partial charge on any atom is -0.312 e. The molecule has 0 spiro atoms. The fourth-order valence-electron chi connectivity index (χ4n) is 2.18. The first-order chi connectivity index (χ1) is 8.80. The lowest BCUT2D eigenvalue weighted by molar-refractivity contribution is -0.147. The summed E-state index contributed by atoms with van der Waals surface area (Å²) < 4.78 is 37.7. The average Bonchev–Trinajstić information content (AvgIpc) is 2.70. The van der Waals surface area contributed by atoms with Crippen molar-refractivity contribution in [1.29, 1.82) is 0 Å². The molecule has 1 saturated heterocycles. The number of carbonyl (C=O) groups is 1. The van der Waals surface area contributed by atoms with Crippen molar-refractivity contribution in [2.75, 3.05) is 11.4 Å². The van der Waals surface area contributed by atoms with Crippen molar-refractivity contribution in [2.24, 2.45) is 5.92 Å². The van der Waals surface area contributed by atoms with Gasteiger partial charge in [0, 0.05) is 12.2 Å². The molecule has 2 rings (SSSR count). The van der Waals surface area contributed by atoms with Gasteiger partial charge in [-0.15, -0.1) is 11.6 Å². The minimum atomic E-state index is -4.55. The van der Waals surface area contributed by atoms with Crippen molar-refractivity contribution in [3.05, 3.63) is 29.8 Å². The molecule has 0 N–H and O–H groups in total. The van der Waals surface area contributed by atoms with Gasteiger partial charge in [0.1, 0.15) is 5.38 Å². The zero-order valence-electron chi connectivity index (χ0n) is 10.2. The topological polar surface area (TPSA) is 20.3 Å². The molecule has 104 valence electrons. The normalized spacial score (nSPS) is 21.8. The van der Waals surface area contributed by atoms with E-state index in [1.807, 2.05) is 19.1 Å². The summed E-state index contributed by atoms with van der Waals surface area (Å²) in [6.07, 6.45) is -4.43. The van der Waals surface area contributed by atoms with Crippen molar-refractivity contribution in [3.8, 4) is 0 Å². The maximum atomic E-state index is 12.6. The Labute approximate surface area is 114 Å². The van der Waals surface area contributed by atoms with Gasteiger partial charge in [-0.3, -0.25) is 4.79 Å². The second-order valence-electron chi connectivity index (χ2n) is 4.66. The summed E-state index contributed by atoms with van der Waals surface area (Å²) in [5.41, 5.74) is 1.64. The molecule has 1 amide bonds. The Kier molecular flexibility index (Phi) is 3.76. The summed E-state index contributed by atoms with van der Waals surface area (Å²) in [5.74, 6) is -1.75. The molecule has 0 aromatic heterocycles. The van der Waals surface area contributed by atoms with E-state index in [4.69, 9.17) is 11.6 Å². The second kappa shape index (κ2) is 5.04. The summed E-state index contributed by atoms with van der Waals surface area (Å²) in [7, 11) is 0. The summed E-state index contributed by atoms with van der Waals surface area (Å²) in [5, 5.41) is -2.12. The highest BCUT2D eigenvalue weighted by Gasteiger charge is 2.49. The number of benzene rings is 1. The van der Waals surface area contributed by atoms with Gasteiger partial charge in [-0.05, 0) is 25.5 Å². The lowest BCUT2D eigenvalue weighted by atomic mass is 10.0. The summed E-state index contributed by atoms with van der Waals surface area (Å²) >= 11 is 5.36. The van der Waals surface area contributed by atoms with Crippen LogP contribution in [0, 0.1) is 12.8 Å². The van der Waals surface area contributed by atoms with Crippen LogP contribution < -0.4 is 4.90 Å². The minimum absolute atomic E-state index is 0.125. The zero-order valence-corrected chi connectivity index (χ0v) is 11.0. The molecule has 2 atom stereocenters. The third-order valence-corrected chi connectivity index (χ3v) is 3.81. The largest absolute Gasteiger partial charge is 0.405 e. The van der Waals surface area contributed by atoms with E-state index in [9.17, 15) is 18.0 Å². The Morgan fingerprint density at radius 2 is 1.89 bits per heavy atom. The highest BCUT2D eigenvalue weighted by Crippen LogP contribution is 2.37. The molecule has 2 nitrogen and oxygen atoms in total. The van der Waals surface area contributed by atoms with Crippen LogP contribution in [0.1, 0.15) is 12.0 Å². The lowest BCUT2D eigenvalue weighted by Crippen LogP contribution is -2.37. The van der Waals surface area contributed by atoms with Crippen LogP contribution in [0.15, 0.2) is 24.3 Å². The predicted molar refractivity (Wildman–Crippen MR) is 67.3 cm³/mol. The van der Waals surface area contributed by atoms with Crippen LogP contribution in [0.5, 0.6) is 0 Å². The van der Waals surface area contributed by atoms with Gasteiger partial charge in [0.05, 0.1) is 5.92 Å². The van der Waals surface area contributed by atoms with E-state index < -0.39 is 23.4 Å². The Hall–Kier alpha value is -1.23. The number of rotatable bonds is 2. The maximum absolute atomic E-state index is 12.6. The van der Waals surface area contributed by atoms with Gasteiger partial charge in [0.2, 0.25) is 5.91 Å². The van der Waals surface area contributed by atoms with Gasteiger partial charge in [0.15, 0.2) is 0 Å². The SMILES string of the molecule is Cc1ccc(N2CCC(C(Cl)C(F)(F)F)C2=O)cc1. The van der Waals surface area contributed by atoms with E-state index in [0.717, 1.165) is 5.56 Å². The number of aryl methyl sites for hydroxylation is 1. The molecule has 1 heterocycles. The van der Waals surface area contributed by atoms with E-state index in [1.165, 1.54) is 4.90 Å². The van der Waals surface area contributed by atoms with E-state index in [2.05, 4.69) is 0 Å². The summed E-state index contributed by atoms with van der Waals surface area (Å²) in [4.78, 5) is 13.4.